The van der Waals surface area contributed by atoms with E-state index in [4.69, 9.17) is 10.8 Å². The molecule has 4 nitrogen and oxygen atoms in total. The van der Waals surface area contributed by atoms with E-state index < -0.39 is 12.0 Å². The van der Waals surface area contributed by atoms with Crippen LogP contribution < -0.4 is 5.73 Å². The number of thiol groups is 1. The van der Waals surface area contributed by atoms with Crippen LogP contribution in [0.1, 0.15) is 12.0 Å². The molecule has 2 atom stereocenters. The third-order valence-electron chi connectivity index (χ3n) is 2.18. The largest absolute Gasteiger partial charge is 0.480 e. The fraction of sp³-hybridized carbons (Fsp3) is 0.400. The maximum Gasteiger partial charge on any atom is 0.321 e. The molecule has 0 amide bonds. The van der Waals surface area contributed by atoms with Gasteiger partial charge in [0.25, 0.3) is 0 Å². The summed E-state index contributed by atoms with van der Waals surface area (Å²) in [6, 6.07) is 2.88. The number of hydrogen-bond donors (Lipinski definition) is 3. The van der Waals surface area contributed by atoms with Crippen molar-refractivity contribution >= 4 is 18.6 Å². The molecule has 0 saturated carbocycles. The lowest BCUT2D eigenvalue weighted by atomic mass is 10.1. The second kappa shape index (κ2) is 5.72. The summed E-state index contributed by atoms with van der Waals surface area (Å²) < 4.78 is 0. The zero-order chi connectivity index (χ0) is 11.3. The number of pyridine rings is 1. The molecule has 1 heterocycles. The van der Waals surface area contributed by atoms with Gasteiger partial charge in [0.15, 0.2) is 0 Å². The number of nitrogens with two attached hydrogens (primary N) is 1. The summed E-state index contributed by atoms with van der Waals surface area (Å²) in [7, 11) is 0. The first-order chi connectivity index (χ1) is 7.11. The maximum absolute atomic E-state index is 10.6. The van der Waals surface area contributed by atoms with Crippen molar-refractivity contribution in [3.05, 3.63) is 30.1 Å². The summed E-state index contributed by atoms with van der Waals surface area (Å²) >= 11 is 4.17. The van der Waals surface area contributed by atoms with E-state index in [0.29, 0.717) is 6.42 Å². The molecule has 1 aromatic heterocycles. The summed E-state index contributed by atoms with van der Waals surface area (Å²) in [5, 5.41) is 8.34. The highest BCUT2D eigenvalue weighted by atomic mass is 32.1. The van der Waals surface area contributed by atoms with E-state index in [2.05, 4.69) is 17.6 Å². The van der Waals surface area contributed by atoms with Crippen LogP contribution in [0, 0.1) is 0 Å². The molecule has 0 aromatic carbocycles. The minimum absolute atomic E-state index is 0.323. The van der Waals surface area contributed by atoms with Crippen LogP contribution in [0.15, 0.2) is 24.5 Å². The molecular formula is C10H14N2O2S. The molecule has 0 aliphatic heterocycles. The Labute approximate surface area is 93.9 Å². The van der Waals surface area contributed by atoms with Gasteiger partial charge in [0.1, 0.15) is 6.04 Å². The lowest BCUT2D eigenvalue weighted by Crippen LogP contribution is -2.39. The van der Waals surface area contributed by atoms with Crippen molar-refractivity contribution in [2.75, 3.05) is 0 Å². The average Bonchev–Trinajstić information content (AvgIpc) is 2.26. The number of nitrogens with zero attached hydrogens (tertiary/aromatic N) is 1. The highest BCUT2D eigenvalue weighted by molar-refractivity contribution is 7.81. The Morgan fingerprint density at radius 3 is 2.67 bits per heavy atom. The first-order valence-electron chi connectivity index (χ1n) is 4.66. The van der Waals surface area contributed by atoms with Gasteiger partial charge in [-0.3, -0.25) is 9.78 Å². The van der Waals surface area contributed by atoms with Crippen LogP contribution >= 0.6 is 12.6 Å². The van der Waals surface area contributed by atoms with E-state index in [1.165, 1.54) is 0 Å². The number of aliphatic carboxylic acids is 1. The lowest BCUT2D eigenvalue weighted by Gasteiger charge is -2.14. The van der Waals surface area contributed by atoms with E-state index in [1.54, 1.807) is 12.4 Å². The topological polar surface area (TPSA) is 76.2 Å². The molecule has 0 aliphatic carbocycles. The molecule has 1 aromatic rings. The maximum atomic E-state index is 10.6. The highest BCUT2D eigenvalue weighted by Gasteiger charge is 2.20. The predicted molar refractivity (Wildman–Crippen MR) is 60.9 cm³/mol. The summed E-state index contributed by atoms with van der Waals surface area (Å²) in [5.41, 5.74) is 6.55. The van der Waals surface area contributed by atoms with Crippen LogP contribution in [0.2, 0.25) is 0 Å². The molecule has 2 unspecified atom stereocenters. The second-order valence-corrected chi connectivity index (χ2v) is 3.99. The molecule has 15 heavy (non-hydrogen) atoms. The summed E-state index contributed by atoms with van der Waals surface area (Å²) in [5.74, 6) is -1.01. The van der Waals surface area contributed by atoms with Gasteiger partial charge in [-0.2, -0.15) is 12.6 Å². The van der Waals surface area contributed by atoms with Crippen LogP contribution in [0.25, 0.3) is 0 Å². The van der Waals surface area contributed by atoms with E-state index in [0.717, 1.165) is 12.0 Å². The van der Waals surface area contributed by atoms with Crippen molar-refractivity contribution < 1.29 is 9.90 Å². The van der Waals surface area contributed by atoms with Crippen LogP contribution in [-0.4, -0.2) is 27.4 Å². The second-order valence-electron chi connectivity index (χ2n) is 3.33. The molecule has 0 radical (unpaired) electrons. The van der Waals surface area contributed by atoms with Crippen LogP contribution in [0.4, 0.5) is 0 Å². The highest BCUT2D eigenvalue weighted by Crippen LogP contribution is 2.10. The molecule has 3 N–H and O–H groups in total. The molecule has 82 valence electrons. The normalized spacial score (nSPS) is 14.5. The van der Waals surface area contributed by atoms with E-state index >= 15 is 0 Å². The minimum Gasteiger partial charge on any atom is -0.480 e. The number of rotatable bonds is 5. The first-order valence-corrected chi connectivity index (χ1v) is 5.18. The van der Waals surface area contributed by atoms with E-state index in [-0.39, 0.29) is 5.25 Å². The Kier molecular flexibility index (Phi) is 4.58. The SMILES string of the molecule is NC(C(=O)O)C(S)CCc1ccncc1. The van der Waals surface area contributed by atoms with Crippen molar-refractivity contribution in [2.45, 2.75) is 24.1 Å². The number of carbonyl (C=O) groups is 1. The van der Waals surface area contributed by atoms with Gasteiger partial charge < -0.3 is 10.8 Å². The number of aromatic nitrogens is 1. The number of aryl methyl sites for hydroxylation is 1. The van der Waals surface area contributed by atoms with E-state index in [1.807, 2.05) is 12.1 Å². The lowest BCUT2D eigenvalue weighted by molar-refractivity contribution is -0.138. The average molecular weight is 226 g/mol. The van der Waals surface area contributed by atoms with Gasteiger partial charge in [0.2, 0.25) is 0 Å². The third kappa shape index (κ3) is 3.89. The minimum atomic E-state index is -1.01. The van der Waals surface area contributed by atoms with Crippen LogP contribution in [0.5, 0.6) is 0 Å². The quantitative estimate of drug-likeness (QED) is 0.647. The van der Waals surface area contributed by atoms with Crippen molar-refractivity contribution in [1.82, 2.24) is 4.98 Å². The Balaban J connectivity index is 2.41. The Hall–Kier alpha value is -1.07. The molecule has 0 saturated heterocycles. The fourth-order valence-corrected chi connectivity index (χ4v) is 1.46. The van der Waals surface area contributed by atoms with Crippen molar-refractivity contribution in [3.63, 3.8) is 0 Å². The number of carboxylic acids is 1. The standard InChI is InChI=1S/C10H14N2O2S/c11-9(10(13)14)8(15)2-1-7-3-5-12-6-4-7/h3-6,8-9,15H,1-2,11H2,(H,13,14). The molecule has 0 spiro atoms. The Morgan fingerprint density at radius 1 is 1.53 bits per heavy atom. The van der Waals surface area contributed by atoms with Gasteiger partial charge in [0, 0.05) is 17.6 Å². The third-order valence-corrected chi connectivity index (χ3v) is 2.76. The number of carboxylic acid groups (broad SMARTS) is 1. The monoisotopic (exact) mass is 226 g/mol. The molecule has 0 bridgehead atoms. The van der Waals surface area contributed by atoms with Gasteiger partial charge in [-0.05, 0) is 30.5 Å². The van der Waals surface area contributed by atoms with Gasteiger partial charge >= 0.3 is 5.97 Å². The number of hydrogen-bond acceptors (Lipinski definition) is 4. The van der Waals surface area contributed by atoms with Gasteiger partial charge in [0.05, 0.1) is 0 Å². The summed E-state index contributed by atoms with van der Waals surface area (Å²) in [6.07, 6.45) is 4.82. The molecule has 0 aliphatic rings. The first kappa shape index (κ1) is 12.0. The van der Waals surface area contributed by atoms with Crippen LogP contribution in [-0.2, 0) is 11.2 Å². The Bertz CT molecular complexity index is 318. The van der Waals surface area contributed by atoms with Crippen molar-refractivity contribution in [1.29, 1.82) is 0 Å². The fourth-order valence-electron chi connectivity index (χ4n) is 1.21. The smallest absolute Gasteiger partial charge is 0.321 e. The zero-order valence-electron chi connectivity index (χ0n) is 8.21. The molecule has 0 fully saturated rings. The molecular weight excluding hydrogens is 212 g/mol. The Morgan fingerprint density at radius 2 is 2.13 bits per heavy atom. The van der Waals surface area contributed by atoms with Gasteiger partial charge in [-0.25, -0.2) is 0 Å². The van der Waals surface area contributed by atoms with Gasteiger partial charge in [-0.15, -0.1) is 0 Å². The predicted octanol–water partition coefficient (Wildman–Crippen LogP) is 0.724. The molecule has 5 heteroatoms. The van der Waals surface area contributed by atoms with Crippen LogP contribution in [0.3, 0.4) is 0 Å². The zero-order valence-corrected chi connectivity index (χ0v) is 9.10. The van der Waals surface area contributed by atoms with Gasteiger partial charge in [-0.1, -0.05) is 0 Å². The van der Waals surface area contributed by atoms with Crippen molar-refractivity contribution in [2.24, 2.45) is 5.73 Å². The molecule has 1 rings (SSSR count). The summed E-state index contributed by atoms with van der Waals surface area (Å²) in [4.78, 5) is 14.5. The van der Waals surface area contributed by atoms with E-state index in [9.17, 15) is 4.79 Å². The van der Waals surface area contributed by atoms with Crippen molar-refractivity contribution in [3.8, 4) is 0 Å². The summed E-state index contributed by atoms with van der Waals surface area (Å²) in [6.45, 7) is 0.